The Hall–Kier alpha value is -2.83. The number of hydrogen-bond acceptors (Lipinski definition) is 5. The molecule has 0 bridgehead atoms. The van der Waals surface area contributed by atoms with Gasteiger partial charge in [-0.2, -0.15) is 0 Å². The first kappa shape index (κ1) is 20.4. The SMILES string of the molecule is COC(=O)[C@@H](C)Sc1ncnc2c1c(-c1ccccc1)cn2-c1ccc(C)c(Cl)c1. The lowest BCUT2D eigenvalue weighted by Crippen LogP contribution is -2.14. The molecule has 4 rings (SSSR count). The number of halogens is 1. The summed E-state index contributed by atoms with van der Waals surface area (Å²) in [6.45, 7) is 3.78. The van der Waals surface area contributed by atoms with Gasteiger partial charge in [-0.1, -0.05) is 59.8 Å². The molecule has 0 aliphatic heterocycles. The van der Waals surface area contributed by atoms with Crippen LogP contribution in [0.15, 0.2) is 66.1 Å². The first-order valence-corrected chi connectivity index (χ1v) is 10.7. The molecule has 0 radical (unpaired) electrons. The minimum Gasteiger partial charge on any atom is -0.468 e. The molecule has 0 aliphatic rings. The highest BCUT2D eigenvalue weighted by molar-refractivity contribution is 8.00. The molecule has 0 saturated carbocycles. The van der Waals surface area contributed by atoms with Gasteiger partial charge in [0, 0.05) is 22.5 Å². The largest absolute Gasteiger partial charge is 0.468 e. The number of ether oxygens (including phenoxy) is 1. The second-order valence-corrected chi connectivity index (χ2v) is 8.61. The summed E-state index contributed by atoms with van der Waals surface area (Å²) in [5.41, 5.74) is 4.71. The third-order valence-electron chi connectivity index (χ3n) is 4.89. The molecule has 7 heteroatoms. The summed E-state index contributed by atoms with van der Waals surface area (Å²) >= 11 is 7.75. The summed E-state index contributed by atoms with van der Waals surface area (Å²) in [5, 5.41) is 1.92. The Morgan fingerprint density at radius 1 is 1.17 bits per heavy atom. The van der Waals surface area contributed by atoms with Gasteiger partial charge >= 0.3 is 5.97 Å². The Morgan fingerprint density at radius 2 is 1.93 bits per heavy atom. The number of fused-ring (bicyclic) bond motifs is 1. The number of nitrogens with zero attached hydrogens (tertiary/aromatic N) is 3. The predicted molar refractivity (Wildman–Crippen MR) is 121 cm³/mol. The number of rotatable bonds is 5. The highest BCUT2D eigenvalue weighted by Crippen LogP contribution is 2.38. The number of carbonyl (C=O) groups is 1. The zero-order chi connectivity index (χ0) is 21.3. The first-order valence-electron chi connectivity index (χ1n) is 9.42. The zero-order valence-corrected chi connectivity index (χ0v) is 18.4. The van der Waals surface area contributed by atoms with Crippen LogP contribution >= 0.6 is 23.4 Å². The predicted octanol–water partition coefficient (Wildman–Crippen LogP) is 5.70. The topological polar surface area (TPSA) is 57.0 Å². The number of carbonyl (C=O) groups excluding carboxylic acids is 1. The van der Waals surface area contributed by atoms with Crippen LogP contribution < -0.4 is 0 Å². The number of hydrogen-bond donors (Lipinski definition) is 0. The van der Waals surface area contributed by atoms with E-state index in [9.17, 15) is 4.79 Å². The highest BCUT2D eigenvalue weighted by Gasteiger charge is 2.22. The lowest BCUT2D eigenvalue weighted by atomic mass is 10.1. The molecule has 0 saturated heterocycles. The summed E-state index contributed by atoms with van der Waals surface area (Å²) in [7, 11) is 1.39. The number of aryl methyl sites for hydroxylation is 1. The lowest BCUT2D eigenvalue weighted by Gasteiger charge is -2.10. The normalized spacial score (nSPS) is 12.1. The molecule has 0 N–H and O–H groups in total. The number of esters is 1. The van der Waals surface area contributed by atoms with E-state index < -0.39 is 5.25 Å². The highest BCUT2D eigenvalue weighted by atomic mass is 35.5. The van der Waals surface area contributed by atoms with E-state index in [1.54, 1.807) is 0 Å². The second-order valence-electron chi connectivity index (χ2n) is 6.87. The van der Waals surface area contributed by atoms with Crippen molar-refractivity contribution in [3.8, 4) is 16.8 Å². The fourth-order valence-electron chi connectivity index (χ4n) is 3.27. The van der Waals surface area contributed by atoms with Crippen LogP contribution in [0.5, 0.6) is 0 Å². The van der Waals surface area contributed by atoms with E-state index in [1.807, 2.05) is 73.1 Å². The number of methoxy groups -OCH3 is 1. The van der Waals surface area contributed by atoms with Gasteiger partial charge in [0.2, 0.25) is 0 Å². The second kappa shape index (κ2) is 8.50. The maximum absolute atomic E-state index is 12.0. The average Bonchev–Trinajstić information content (AvgIpc) is 3.16. The van der Waals surface area contributed by atoms with E-state index in [4.69, 9.17) is 16.3 Å². The van der Waals surface area contributed by atoms with E-state index in [0.29, 0.717) is 5.02 Å². The summed E-state index contributed by atoms with van der Waals surface area (Å²) in [6, 6.07) is 16.0. The quantitative estimate of drug-likeness (QED) is 0.227. The van der Waals surface area contributed by atoms with E-state index in [2.05, 4.69) is 9.97 Å². The number of benzene rings is 2. The molecule has 2 heterocycles. The van der Waals surface area contributed by atoms with Gasteiger partial charge in [-0.25, -0.2) is 9.97 Å². The van der Waals surface area contributed by atoms with E-state index in [-0.39, 0.29) is 5.97 Å². The van der Waals surface area contributed by atoms with Crippen molar-refractivity contribution in [3.63, 3.8) is 0 Å². The van der Waals surface area contributed by atoms with Crippen LogP contribution in [0.1, 0.15) is 12.5 Å². The van der Waals surface area contributed by atoms with Crippen molar-refractivity contribution in [1.82, 2.24) is 14.5 Å². The van der Waals surface area contributed by atoms with Crippen molar-refractivity contribution in [2.75, 3.05) is 7.11 Å². The number of thioether (sulfide) groups is 1. The minimum absolute atomic E-state index is 0.294. The van der Waals surface area contributed by atoms with Crippen LogP contribution in [0.3, 0.4) is 0 Å². The van der Waals surface area contributed by atoms with Crippen LogP contribution in [-0.4, -0.2) is 32.9 Å². The third kappa shape index (κ3) is 3.80. The molecule has 0 amide bonds. The molecule has 152 valence electrons. The molecule has 2 aromatic heterocycles. The van der Waals surface area contributed by atoms with Gasteiger partial charge < -0.3 is 9.30 Å². The number of aromatic nitrogens is 3. The van der Waals surface area contributed by atoms with E-state index in [0.717, 1.165) is 38.4 Å². The average molecular weight is 438 g/mol. The van der Waals surface area contributed by atoms with Gasteiger partial charge in [0.15, 0.2) is 0 Å². The van der Waals surface area contributed by atoms with Crippen molar-refractivity contribution in [1.29, 1.82) is 0 Å². The third-order valence-corrected chi connectivity index (χ3v) is 6.37. The molecular formula is C23H20ClN3O2S. The van der Waals surface area contributed by atoms with Crippen LogP contribution in [0, 0.1) is 6.92 Å². The van der Waals surface area contributed by atoms with Gasteiger partial charge in [-0.15, -0.1) is 0 Å². The molecule has 1 atom stereocenters. The fourth-order valence-corrected chi connectivity index (χ4v) is 4.40. The van der Waals surface area contributed by atoms with E-state index in [1.165, 1.54) is 25.2 Å². The van der Waals surface area contributed by atoms with Crippen molar-refractivity contribution in [2.45, 2.75) is 24.1 Å². The Kier molecular flexibility index (Phi) is 5.79. The summed E-state index contributed by atoms with van der Waals surface area (Å²) in [5.74, 6) is -0.294. The molecule has 4 aromatic rings. The summed E-state index contributed by atoms with van der Waals surface area (Å²) in [6.07, 6.45) is 3.57. The van der Waals surface area contributed by atoms with Crippen molar-refractivity contribution < 1.29 is 9.53 Å². The molecule has 0 fully saturated rings. The van der Waals surface area contributed by atoms with Crippen molar-refractivity contribution in [2.24, 2.45) is 0 Å². The van der Waals surface area contributed by atoms with Crippen molar-refractivity contribution in [3.05, 3.63) is 71.6 Å². The van der Waals surface area contributed by atoms with Gasteiger partial charge in [0.25, 0.3) is 0 Å². The monoisotopic (exact) mass is 437 g/mol. The van der Waals surface area contributed by atoms with Gasteiger partial charge in [-0.05, 0) is 37.1 Å². The van der Waals surface area contributed by atoms with Crippen molar-refractivity contribution >= 4 is 40.4 Å². The molecule has 0 spiro atoms. The maximum atomic E-state index is 12.0. The smallest absolute Gasteiger partial charge is 0.318 e. The summed E-state index contributed by atoms with van der Waals surface area (Å²) in [4.78, 5) is 21.1. The molecule has 0 aliphatic carbocycles. The van der Waals surface area contributed by atoms with E-state index >= 15 is 0 Å². The fraction of sp³-hybridized carbons (Fsp3) is 0.174. The van der Waals surface area contributed by atoms with Crippen LogP contribution in [0.25, 0.3) is 27.8 Å². The standard InChI is InChI=1S/C23H20ClN3O2S/c1-14-9-10-17(11-19(14)24)27-12-18(16-7-5-4-6-8-16)20-21(27)25-13-26-22(20)30-15(2)23(28)29-3/h4-13,15H,1-3H3/t15-/m1/s1. The Bertz CT molecular complexity index is 1220. The van der Waals surface area contributed by atoms with Crippen LogP contribution in [-0.2, 0) is 9.53 Å². The molecule has 5 nitrogen and oxygen atoms in total. The molecule has 0 unspecified atom stereocenters. The zero-order valence-electron chi connectivity index (χ0n) is 16.8. The molecule has 30 heavy (non-hydrogen) atoms. The maximum Gasteiger partial charge on any atom is 0.318 e. The van der Waals surface area contributed by atoms with Gasteiger partial charge in [0.05, 0.1) is 12.5 Å². The molecule has 2 aromatic carbocycles. The summed E-state index contributed by atoms with van der Waals surface area (Å²) < 4.78 is 6.90. The van der Waals surface area contributed by atoms with Crippen LogP contribution in [0.2, 0.25) is 5.02 Å². The Labute approximate surface area is 184 Å². The van der Waals surface area contributed by atoms with Crippen LogP contribution in [0.4, 0.5) is 0 Å². The minimum atomic E-state index is -0.395. The first-order chi connectivity index (χ1) is 14.5. The Morgan fingerprint density at radius 3 is 2.63 bits per heavy atom. The Balaban J connectivity index is 1.95. The lowest BCUT2D eigenvalue weighted by molar-refractivity contribution is -0.139. The molecular weight excluding hydrogens is 418 g/mol. The van der Waals surface area contributed by atoms with Gasteiger partial charge in [0.1, 0.15) is 22.3 Å². The van der Waals surface area contributed by atoms with Gasteiger partial charge in [-0.3, -0.25) is 4.79 Å².